The number of carbonyl (C=O) groups is 1. The third kappa shape index (κ3) is 1.70. The second-order valence-electron chi connectivity index (χ2n) is 4.54. The van der Waals surface area contributed by atoms with E-state index in [0.29, 0.717) is 0 Å². The van der Waals surface area contributed by atoms with Gasteiger partial charge in [0.2, 0.25) is 0 Å². The second kappa shape index (κ2) is 3.29. The van der Waals surface area contributed by atoms with Gasteiger partial charge in [-0.1, -0.05) is 0 Å². The molecule has 0 aromatic heterocycles. The van der Waals surface area contributed by atoms with Gasteiger partial charge in [0.15, 0.2) is 0 Å². The first kappa shape index (κ1) is 10.5. The maximum Gasteiger partial charge on any atom is 0.252 e. The second-order valence-corrected chi connectivity index (χ2v) is 4.54. The van der Waals surface area contributed by atoms with E-state index >= 15 is 0 Å². The summed E-state index contributed by atoms with van der Waals surface area (Å²) >= 11 is 0. The Kier molecular flexibility index (Phi) is 2.66. The van der Waals surface area contributed by atoms with Crippen molar-refractivity contribution < 1.29 is 9.53 Å². The minimum Gasteiger partial charge on any atom is -0.372 e. The van der Waals surface area contributed by atoms with Gasteiger partial charge in [-0.2, -0.15) is 0 Å². The molecule has 0 spiro atoms. The Bertz CT molecular complexity index is 211. The van der Waals surface area contributed by atoms with Gasteiger partial charge in [-0.25, -0.2) is 0 Å². The summed E-state index contributed by atoms with van der Waals surface area (Å²) in [7, 11) is 1.60. The first-order valence-electron chi connectivity index (χ1n) is 4.76. The van der Waals surface area contributed by atoms with Crippen LogP contribution in [-0.2, 0) is 9.53 Å². The molecular formula is C10H19NO2. The highest BCUT2D eigenvalue weighted by molar-refractivity contribution is 5.84. The minimum absolute atomic E-state index is 0.0636. The fraction of sp³-hybridized carbons (Fsp3) is 0.900. The molecule has 1 aliphatic rings. The molecule has 0 bridgehead atoms. The van der Waals surface area contributed by atoms with E-state index in [1.807, 2.05) is 18.7 Å². The van der Waals surface area contributed by atoms with Crippen molar-refractivity contribution in [2.75, 3.05) is 7.11 Å². The number of hydrogen-bond acceptors (Lipinski definition) is 2. The normalized spacial score (nSPS) is 27.4. The molecule has 76 valence electrons. The minimum atomic E-state index is -0.239. The standard InChI is InChI=1S/C10H19NO2/c1-7(2)11-9(12)8(13-5)6-10(11,3)4/h7-8H,6H2,1-5H3. The molecule has 3 heteroatoms. The van der Waals surface area contributed by atoms with Gasteiger partial charge in [0, 0.05) is 25.1 Å². The van der Waals surface area contributed by atoms with Crippen LogP contribution in [0.25, 0.3) is 0 Å². The maximum absolute atomic E-state index is 11.8. The number of likely N-dealkylation sites (tertiary alicyclic amines) is 1. The fourth-order valence-corrected chi connectivity index (χ4v) is 2.23. The summed E-state index contributed by atoms with van der Waals surface area (Å²) in [6.45, 7) is 8.25. The maximum atomic E-state index is 11.8. The van der Waals surface area contributed by atoms with Crippen molar-refractivity contribution in [3.63, 3.8) is 0 Å². The fourth-order valence-electron chi connectivity index (χ4n) is 2.23. The Morgan fingerprint density at radius 1 is 1.54 bits per heavy atom. The van der Waals surface area contributed by atoms with Crippen LogP contribution in [-0.4, -0.2) is 35.6 Å². The third-order valence-electron chi connectivity index (χ3n) is 2.65. The Hall–Kier alpha value is -0.570. The largest absolute Gasteiger partial charge is 0.372 e. The van der Waals surface area contributed by atoms with E-state index in [2.05, 4.69) is 13.8 Å². The Balaban J connectivity index is 2.88. The molecule has 1 saturated heterocycles. The molecular weight excluding hydrogens is 166 g/mol. The molecule has 3 nitrogen and oxygen atoms in total. The Morgan fingerprint density at radius 2 is 2.08 bits per heavy atom. The molecule has 0 radical (unpaired) electrons. The lowest BCUT2D eigenvalue weighted by molar-refractivity contribution is -0.139. The van der Waals surface area contributed by atoms with Crippen molar-refractivity contribution in [3.05, 3.63) is 0 Å². The summed E-state index contributed by atoms with van der Waals surface area (Å²) < 4.78 is 5.15. The molecule has 0 aromatic rings. The number of rotatable bonds is 2. The van der Waals surface area contributed by atoms with Crippen LogP contribution < -0.4 is 0 Å². The van der Waals surface area contributed by atoms with Crippen molar-refractivity contribution in [3.8, 4) is 0 Å². The highest BCUT2D eigenvalue weighted by Gasteiger charge is 2.45. The van der Waals surface area contributed by atoms with Crippen LogP contribution >= 0.6 is 0 Å². The Labute approximate surface area is 80.1 Å². The van der Waals surface area contributed by atoms with Gasteiger partial charge in [0.05, 0.1) is 0 Å². The molecule has 0 aliphatic carbocycles. The lowest BCUT2D eigenvalue weighted by atomic mass is 10.0. The van der Waals surface area contributed by atoms with E-state index in [-0.39, 0.29) is 23.6 Å². The average Bonchev–Trinajstić information content (AvgIpc) is 2.20. The molecule has 1 amide bonds. The first-order chi connectivity index (χ1) is 5.90. The van der Waals surface area contributed by atoms with E-state index in [1.54, 1.807) is 7.11 Å². The first-order valence-corrected chi connectivity index (χ1v) is 4.76. The van der Waals surface area contributed by atoms with Gasteiger partial charge in [-0.05, 0) is 27.7 Å². The molecule has 1 aliphatic heterocycles. The number of nitrogens with zero attached hydrogens (tertiary/aromatic N) is 1. The van der Waals surface area contributed by atoms with E-state index in [9.17, 15) is 4.79 Å². The van der Waals surface area contributed by atoms with Crippen molar-refractivity contribution in [2.24, 2.45) is 0 Å². The van der Waals surface area contributed by atoms with Crippen LogP contribution in [0.15, 0.2) is 0 Å². The van der Waals surface area contributed by atoms with Crippen molar-refractivity contribution >= 4 is 5.91 Å². The average molecular weight is 185 g/mol. The van der Waals surface area contributed by atoms with Crippen molar-refractivity contribution in [1.29, 1.82) is 0 Å². The van der Waals surface area contributed by atoms with E-state index in [4.69, 9.17) is 4.74 Å². The lowest BCUT2D eigenvalue weighted by Crippen LogP contribution is -2.45. The number of amides is 1. The predicted octanol–water partition coefficient (Wildman–Crippen LogP) is 1.42. The number of ether oxygens (including phenoxy) is 1. The van der Waals surface area contributed by atoms with Crippen molar-refractivity contribution in [2.45, 2.75) is 51.8 Å². The Morgan fingerprint density at radius 3 is 2.31 bits per heavy atom. The zero-order chi connectivity index (χ0) is 10.2. The van der Waals surface area contributed by atoms with Crippen LogP contribution in [0.3, 0.4) is 0 Å². The van der Waals surface area contributed by atoms with Gasteiger partial charge >= 0.3 is 0 Å². The van der Waals surface area contributed by atoms with Crippen LogP contribution in [0.5, 0.6) is 0 Å². The number of methoxy groups -OCH3 is 1. The molecule has 1 fully saturated rings. The molecule has 13 heavy (non-hydrogen) atoms. The topological polar surface area (TPSA) is 29.5 Å². The van der Waals surface area contributed by atoms with Crippen LogP contribution in [0.4, 0.5) is 0 Å². The van der Waals surface area contributed by atoms with E-state index < -0.39 is 0 Å². The van der Waals surface area contributed by atoms with Gasteiger partial charge in [0.1, 0.15) is 6.10 Å². The highest BCUT2D eigenvalue weighted by atomic mass is 16.5. The summed E-state index contributed by atoms with van der Waals surface area (Å²) in [5, 5.41) is 0. The van der Waals surface area contributed by atoms with Gasteiger partial charge < -0.3 is 9.64 Å². The molecule has 1 rings (SSSR count). The van der Waals surface area contributed by atoms with Gasteiger partial charge in [-0.3, -0.25) is 4.79 Å². The molecule has 1 heterocycles. The van der Waals surface area contributed by atoms with E-state index in [0.717, 1.165) is 6.42 Å². The van der Waals surface area contributed by atoms with Gasteiger partial charge in [-0.15, -0.1) is 0 Å². The predicted molar refractivity (Wildman–Crippen MR) is 51.5 cm³/mol. The summed E-state index contributed by atoms with van der Waals surface area (Å²) in [4.78, 5) is 13.7. The highest BCUT2D eigenvalue weighted by Crippen LogP contribution is 2.32. The summed E-state index contributed by atoms with van der Waals surface area (Å²) in [5.41, 5.74) is -0.0636. The smallest absolute Gasteiger partial charge is 0.252 e. The third-order valence-corrected chi connectivity index (χ3v) is 2.65. The zero-order valence-electron chi connectivity index (χ0n) is 9.13. The molecule has 0 N–H and O–H groups in total. The van der Waals surface area contributed by atoms with E-state index in [1.165, 1.54) is 0 Å². The molecule has 1 atom stereocenters. The molecule has 0 aromatic carbocycles. The van der Waals surface area contributed by atoms with Gasteiger partial charge in [0.25, 0.3) is 5.91 Å². The number of hydrogen-bond donors (Lipinski definition) is 0. The number of carbonyl (C=O) groups excluding carboxylic acids is 1. The molecule has 1 unspecified atom stereocenters. The van der Waals surface area contributed by atoms with Crippen LogP contribution in [0, 0.1) is 0 Å². The molecule has 0 saturated carbocycles. The van der Waals surface area contributed by atoms with Crippen LogP contribution in [0.1, 0.15) is 34.1 Å². The summed E-state index contributed by atoms with van der Waals surface area (Å²) in [6, 6.07) is 0.252. The quantitative estimate of drug-likeness (QED) is 0.651. The summed E-state index contributed by atoms with van der Waals surface area (Å²) in [6.07, 6.45) is 0.554. The zero-order valence-corrected chi connectivity index (χ0v) is 9.13. The monoisotopic (exact) mass is 185 g/mol. The summed E-state index contributed by atoms with van der Waals surface area (Å²) in [5.74, 6) is 0.127. The van der Waals surface area contributed by atoms with Crippen LogP contribution in [0.2, 0.25) is 0 Å². The van der Waals surface area contributed by atoms with Crippen molar-refractivity contribution in [1.82, 2.24) is 4.90 Å². The lowest BCUT2D eigenvalue weighted by Gasteiger charge is -2.34. The SMILES string of the molecule is COC1CC(C)(C)N(C(C)C)C1=O.